The van der Waals surface area contributed by atoms with Crippen molar-refractivity contribution >= 4 is 33.3 Å². The van der Waals surface area contributed by atoms with Crippen molar-refractivity contribution in [3.63, 3.8) is 0 Å². The van der Waals surface area contributed by atoms with Gasteiger partial charge in [0.05, 0.1) is 19.1 Å². The molecule has 35 heavy (non-hydrogen) atoms. The normalized spacial score (nSPS) is 31.0. The number of nitrogens with one attached hydrogen (secondary N) is 2. The van der Waals surface area contributed by atoms with E-state index < -0.39 is 0 Å². The van der Waals surface area contributed by atoms with Crippen molar-refractivity contribution in [3.8, 4) is 0 Å². The lowest BCUT2D eigenvalue weighted by atomic mass is 9.65. The number of hydrogen-bond acceptors (Lipinski definition) is 10. The van der Waals surface area contributed by atoms with Crippen LogP contribution in [-0.4, -0.2) is 81.7 Å². The molecule has 2 aliphatic heterocycles. The second-order valence-electron chi connectivity index (χ2n) is 10.5. The van der Waals surface area contributed by atoms with Crippen LogP contribution in [0.5, 0.6) is 0 Å². The van der Waals surface area contributed by atoms with Gasteiger partial charge in [-0.1, -0.05) is 11.3 Å². The summed E-state index contributed by atoms with van der Waals surface area (Å²) in [6, 6.07) is 4.13. The third-order valence-electron chi connectivity index (χ3n) is 8.35. The molecule has 3 saturated carbocycles. The van der Waals surface area contributed by atoms with E-state index in [1.54, 1.807) is 6.20 Å². The van der Waals surface area contributed by atoms with E-state index in [4.69, 9.17) is 4.74 Å². The van der Waals surface area contributed by atoms with Crippen LogP contribution in [0.2, 0.25) is 0 Å². The minimum absolute atomic E-state index is 0.0564. The molecule has 10 nitrogen and oxygen atoms in total. The van der Waals surface area contributed by atoms with Crippen LogP contribution in [0.4, 0.5) is 16.1 Å². The van der Waals surface area contributed by atoms with Gasteiger partial charge in [-0.15, -0.1) is 15.3 Å². The molecule has 2 atom stereocenters. The van der Waals surface area contributed by atoms with Gasteiger partial charge in [0, 0.05) is 44.0 Å². The first-order chi connectivity index (χ1) is 17.1. The molecule has 4 heterocycles. The van der Waals surface area contributed by atoms with Gasteiger partial charge in [-0.3, -0.25) is 9.69 Å². The molecule has 2 saturated heterocycles. The Hall–Kier alpha value is -2.37. The summed E-state index contributed by atoms with van der Waals surface area (Å²) < 4.78 is 5.99. The van der Waals surface area contributed by atoms with Crippen LogP contribution in [0.25, 0.3) is 0 Å². The maximum atomic E-state index is 12.8. The number of carbonyl (C=O) groups is 1. The predicted octanol–water partition coefficient (Wildman–Crippen LogP) is 2.77. The van der Waals surface area contributed by atoms with Crippen LogP contribution < -0.4 is 15.5 Å². The van der Waals surface area contributed by atoms with Crippen LogP contribution >= 0.6 is 11.3 Å². The zero-order chi connectivity index (χ0) is 23.7. The van der Waals surface area contributed by atoms with Crippen molar-refractivity contribution in [1.82, 2.24) is 25.3 Å². The van der Waals surface area contributed by atoms with Crippen LogP contribution in [-0.2, 0) is 9.53 Å². The van der Waals surface area contributed by atoms with Gasteiger partial charge in [-0.25, -0.2) is 0 Å². The largest absolute Gasteiger partial charge is 0.375 e. The summed E-state index contributed by atoms with van der Waals surface area (Å²) in [4.78, 5) is 17.6. The number of rotatable bonds is 7. The fourth-order valence-electron chi connectivity index (χ4n) is 6.41. The maximum absolute atomic E-state index is 12.8. The molecule has 0 radical (unpaired) electrons. The summed E-state index contributed by atoms with van der Waals surface area (Å²) in [5.74, 6) is 1.79. The lowest BCUT2D eigenvalue weighted by molar-refractivity contribution is -0.127. The van der Waals surface area contributed by atoms with E-state index >= 15 is 0 Å². The van der Waals surface area contributed by atoms with E-state index in [1.165, 1.54) is 49.9 Å². The summed E-state index contributed by atoms with van der Waals surface area (Å²) in [6.07, 6.45) is 11.0. The molecule has 2 bridgehead atoms. The molecule has 1 amide bonds. The Morgan fingerprint density at radius 3 is 2.71 bits per heavy atom. The van der Waals surface area contributed by atoms with Crippen LogP contribution in [0.3, 0.4) is 0 Å². The molecule has 2 N–H and O–H groups in total. The van der Waals surface area contributed by atoms with Gasteiger partial charge in [0.1, 0.15) is 0 Å². The van der Waals surface area contributed by atoms with Crippen molar-refractivity contribution < 1.29 is 9.53 Å². The quantitative estimate of drug-likeness (QED) is 0.596. The highest BCUT2D eigenvalue weighted by molar-refractivity contribution is 7.19. The lowest BCUT2D eigenvalue weighted by Crippen LogP contribution is -2.59. The molecule has 5 aliphatic rings. The molecule has 2 aromatic rings. The first kappa shape index (κ1) is 23.1. The molecule has 7 rings (SSSR count). The highest BCUT2D eigenvalue weighted by Gasteiger charge is 2.45. The fourth-order valence-corrected chi connectivity index (χ4v) is 7.14. The molecule has 5 fully saturated rings. The fraction of sp³-hybridized carbons (Fsp3) is 0.708. The predicted molar refractivity (Wildman–Crippen MR) is 135 cm³/mol. The standard InChI is InChI=1S/C24H34N8O2S/c33-21(14-19-16-32(12-13-34-19)24-7-3-17(4-8-24)5-9-24)27-23-30-29-22(35-23)26-18-6-11-31(15-18)20-2-1-10-25-28-20/h1-2,10,17-19H,3-9,11-16H2,(H,26,29)(H,27,30,33)/t17?,18-,19?,24?/m1/s1. The first-order valence-electron chi connectivity index (χ1n) is 12.9. The second kappa shape index (κ2) is 9.94. The van der Waals surface area contributed by atoms with Crippen molar-refractivity contribution in [2.75, 3.05) is 48.3 Å². The number of fused-ring (bicyclic) bond motifs is 3. The van der Waals surface area contributed by atoms with E-state index in [0.29, 0.717) is 23.7 Å². The van der Waals surface area contributed by atoms with Crippen molar-refractivity contribution in [3.05, 3.63) is 18.3 Å². The smallest absolute Gasteiger partial charge is 0.228 e. The van der Waals surface area contributed by atoms with E-state index in [9.17, 15) is 4.79 Å². The maximum Gasteiger partial charge on any atom is 0.228 e. The average Bonchev–Trinajstić information content (AvgIpc) is 3.55. The third-order valence-corrected chi connectivity index (χ3v) is 9.12. The molecule has 188 valence electrons. The number of anilines is 3. The SMILES string of the molecule is O=C(CC1CN(C23CCC(CC2)CC3)CCO1)Nc1nnc(N[C@@H]2CCN(c3cccnn3)C2)s1. The van der Waals surface area contributed by atoms with Crippen LogP contribution in [0, 0.1) is 5.92 Å². The van der Waals surface area contributed by atoms with Gasteiger partial charge in [0.15, 0.2) is 5.82 Å². The van der Waals surface area contributed by atoms with E-state index in [0.717, 1.165) is 49.5 Å². The lowest BCUT2D eigenvalue weighted by Gasteiger charge is -2.54. The summed E-state index contributed by atoms with van der Waals surface area (Å²) in [5.41, 5.74) is 0.357. The Bertz CT molecular complexity index is 998. The van der Waals surface area contributed by atoms with Crippen LogP contribution in [0.1, 0.15) is 51.4 Å². The Morgan fingerprint density at radius 2 is 1.91 bits per heavy atom. The molecule has 3 aliphatic carbocycles. The number of hydrogen-bond donors (Lipinski definition) is 2. The Morgan fingerprint density at radius 1 is 1.09 bits per heavy atom. The highest BCUT2D eigenvalue weighted by Crippen LogP contribution is 2.48. The van der Waals surface area contributed by atoms with E-state index in [-0.39, 0.29) is 18.1 Å². The van der Waals surface area contributed by atoms with Crippen molar-refractivity contribution in [2.24, 2.45) is 5.92 Å². The zero-order valence-electron chi connectivity index (χ0n) is 20.1. The molecule has 1 unspecified atom stereocenters. The van der Waals surface area contributed by atoms with Gasteiger partial charge in [-0.05, 0) is 63.0 Å². The summed E-state index contributed by atoms with van der Waals surface area (Å²) in [6.45, 7) is 4.30. The Balaban J connectivity index is 0.980. The molecule has 11 heteroatoms. The molecule has 0 aromatic carbocycles. The molecular weight excluding hydrogens is 464 g/mol. The van der Waals surface area contributed by atoms with Gasteiger partial charge < -0.3 is 20.3 Å². The number of carbonyl (C=O) groups excluding carboxylic acids is 1. The minimum atomic E-state index is -0.0613. The van der Waals surface area contributed by atoms with Gasteiger partial charge in [0.2, 0.25) is 16.2 Å². The Labute approximate surface area is 209 Å². The van der Waals surface area contributed by atoms with E-state index in [1.807, 2.05) is 12.1 Å². The van der Waals surface area contributed by atoms with Gasteiger partial charge in [0.25, 0.3) is 0 Å². The van der Waals surface area contributed by atoms with Crippen molar-refractivity contribution in [1.29, 1.82) is 0 Å². The number of nitrogens with zero attached hydrogens (tertiary/aromatic N) is 6. The minimum Gasteiger partial charge on any atom is -0.375 e. The number of amides is 1. The zero-order valence-corrected chi connectivity index (χ0v) is 20.9. The van der Waals surface area contributed by atoms with Gasteiger partial charge in [-0.2, -0.15) is 5.10 Å². The summed E-state index contributed by atoms with van der Waals surface area (Å²) in [5, 5.41) is 24.2. The second-order valence-corrected chi connectivity index (χ2v) is 11.4. The third kappa shape index (κ3) is 5.12. The number of ether oxygens (including phenoxy) is 1. The molecule has 2 aromatic heterocycles. The first-order valence-corrected chi connectivity index (χ1v) is 13.8. The van der Waals surface area contributed by atoms with Crippen LogP contribution in [0.15, 0.2) is 18.3 Å². The molecule has 0 spiro atoms. The highest BCUT2D eigenvalue weighted by atomic mass is 32.1. The topological polar surface area (TPSA) is 108 Å². The van der Waals surface area contributed by atoms with Gasteiger partial charge >= 0.3 is 0 Å². The monoisotopic (exact) mass is 498 g/mol. The molecular formula is C24H34N8O2S. The summed E-state index contributed by atoms with van der Waals surface area (Å²) >= 11 is 1.38. The van der Waals surface area contributed by atoms with Crippen molar-refractivity contribution in [2.45, 2.75) is 69.1 Å². The van der Waals surface area contributed by atoms with E-state index in [2.05, 4.69) is 40.8 Å². The number of aromatic nitrogens is 4. The Kier molecular flexibility index (Phi) is 6.55. The summed E-state index contributed by atoms with van der Waals surface area (Å²) in [7, 11) is 0. The average molecular weight is 499 g/mol. The number of morpholine rings is 1.